The highest BCUT2D eigenvalue weighted by Gasteiger charge is 2.30. The van der Waals surface area contributed by atoms with Gasteiger partial charge in [-0.3, -0.25) is 0 Å². The van der Waals surface area contributed by atoms with E-state index < -0.39 is 0 Å². The number of hydrogen-bond donors (Lipinski definition) is 1. The van der Waals surface area contributed by atoms with Crippen LogP contribution in [0.4, 0.5) is 0 Å². The van der Waals surface area contributed by atoms with Crippen molar-refractivity contribution < 1.29 is 5.21 Å². The van der Waals surface area contributed by atoms with Crippen LogP contribution < -0.4 is 0 Å². The molecule has 2 rings (SSSR count). The second kappa shape index (κ2) is 4.12. The number of oxime groups is 1. The summed E-state index contributed by atoms with van der Waals surface area (Å²) in [5, 5.41) is 12.6. The lowest BCUT2D eigenvalue weighted by Gasteiger charge is -2.32. The molecule has 74 valence electrons. The Morgan fingerprint density at radius 3 is 1.77 bits per heavy atom. The van der Waals surface area contributed by atoms with Crippen LogP contribution in [0.15, 0.2) is 5.16 Å². The Kier molecular flexibility index (Phi) is 2.87. The van der Waals surface area contributed by atoms with Crippen LogP contribution in [-0.4, -0.2) is 10.9 Å². The molecule has 2 fully saturated rings. The zero-order valence-corrected chi connectivity index (χ0v) is 8.21. The quantitative estimate of drug-likeness (QED) is 0.396. The Hall–Kier alpha value is -0.530. The minimum absolute atomic E-state index is 0.615. The van der Waals surface area contributed by atoms with E-state index in [0.29, 0.717) is 11.8 Å². The summed E-state index contributed by atoms with van der Waals surface area (Å²) in [5.41, 5.74) is 1.13. The maximum absolute atomic E-state index is 9.00. The van der Waals surface area contributed by atoms with Crippen molar-refractivity contribution in [3.8, 4) is 0 Å². The van der Waals surface area contributed by atoms with Gasteiger partial charge in [-0.1, -0.05) is 30.8 Å². The lowest BCUT2D eigenvalue weighted by Crippen LogP contribution is -2.30. The smallest absolute Gasteiger partial charge is 0.0632 e. The molecule has 2 aliphatic rings. The fourth-order valence-corrected chi connectivity index (χ4v) is 2.60. The summed E-state index contributed by atoms with van der Waals surface area (Å²) < 4.78 is 0. The predicted molar refractivity (Wildman–Crippen MR) is 53.1 cm³/mol. The largest absolute Gasteiger partial charge is 0.411 e. The second-order valence-corrected chi connectivity index (χ2v) is 4.49. The van der Waals surface area contributed by atoms with Gasteiger partial charge in [0.2, 0.25) is 0 Å². The average Bonchev–Trinajstić information content (AvgIpc) is 2.12. The van der Waals surface area contributed by atoms with E-state index in [1.165, 1.54) is 51.4 Å². The van der Waals surface area contributed by atoms with Gasteiger partial charge in [0.05, 0.1) is 5.71 Å². The number of hydrogen-bond acceptors (Lipinski definition) is 2. The van der Waals surface area contributed by atoms with E-state index in [0.717, 1.165) is 5.71 Å². The molecule has 2 heteroatoms. The van der Waals surface area contributed by atoms with E-state index in [2.05, 4.69) is 5.16 Å². The molecule has 1 N–H and O–H groups in total. The van der Waals surface area contributed by atoms with Crippen molar-refractivity contribution in [3.63, 3.8) is 0 Å². The van der Waals surface area contributed by atoms with Crippen molar-refractivity contribution in [2.45, 2.75) is 51.4 Å². The number of rotatable bonds is 2. The van der Waals surface area contributed by atoms with E-state index in [9.17, 15) is 0 Å². The van der Waals surface area contributed by atoms with Crippen molar-refractivity contribution in [1.82, 2.24) is 0 Å². The van der Waals surface area contributed by atoms with Crippen molar-refractivity contribution in [2.24, 2.45) is 17.0 Å². The molecule has 0 aliphatic heterocycles. The maximum Gasteiger partial charge on any atom is 0.0632 e. The van der Waals surface area contributed by atoms with Crippen LogP contribution in [0.25, 0.3) is 0 Å². The summed E-state index contributed by atoms with van der Waals surface area (Å²) in [7, 11) is 0. The molecule has 2 aliphatic carbocycles. The second-order valence-electron chi connectivity index (χ2n) is 4.49. The summed E-state index contributed by atoms with van der Waals surface area (Å²) in [5.74, 6) is 1.25. The molecule has 0 aromatic heterocycles. The van der Waals surface area contributed by atoms with Gasteiger partial charge in [-0.05, 0) is 25.7 Å². The summed E-state index contributed by atoms with van der Waals surface area (Å²) in [6, 6.07) is 0. The fraction of sp³-hybridized carbons (Fsp3) is 0.909. The highest BCUT2D eigenvalue weighted by molar-refractivity contribution is 5.89. The first-order valence-corrected chi connectivity index (χ1v) is 5.63. The third-order valence-corrected chi connectivity index (χ3v) is 3.66. The lowest BCUT2D eigenvalue weighted by atomic mass is 9.73. The van der Waals surface area contributed by atoms with Gasteiger partial charge in [0.1, 0.15) is 0 Å². The van der Waals surface area contributed by atoms with Crippen molar-refractivity contribution in [3.05, 3.63) is 0 Å². The van der Waals surface area contributed by atoms with E-state index >= 15 is 0 Å². The van der Waals surface area contributed by atoms with Gasteiger partial charge in [-0.15, -0.1) is 0 Å². The molecule has 0 spiro atoms. The number of nitrogens with zero attached hydrogens (tertiary/aromatic N) is 1. The summed E-state index contributed by atoms with van der Waals surface area (Å²) >= 11 is 0. The van der Waals surface area contributed by atoms with Crippen LogP contribution in [0.1, 0.15) is 51.4 Å². The Bertz CT molecular complexity index is 190. The van der Waals surface area contributed by atoms with E-state index in [-0.39, 0.29) is 0 Å². The van der Waals surface area contributed by atoms with E-state index in [1.807, 2.05) is 0 Å². The van der Waals surface area contributed by atoms with Crippen LogP contribution in [0.5, 0.6) is 0 Å². The Morgan fingerprint density at radius 2 is 1.38 bits per heavy atom. The van der Waals surface area contributed by atoms with Gasteiger partial charge >= 0.3 is 0 Å². The molecule has 2 nitrogen and oxygen atoms in total. The van der Waals surface area contributed by atoms with Crippen LogP contribution in [0, 0.1) is 11.8 Å². The maximum atomic E-state index is 9.00. The molecule has 0 aromatic carbocycles. The molecular formula is C11H19NO. The Morgan fingerprint density at radius 1 is 0.846 bits per heavy atom. The monoisotopic (exact) mass is 181 g/mol. The Balaban J connectivity index is 1.94. The standard InChI is InChI=1S/C11H19NO/c13-12-11(10-7-4-8-10)9-5-2-1-3-6-9/h9-10,13H,1-8H2/b12-11+. The molecule has 0 atom stereocenters. The van der Waals surface area contributed by atoms with E-state index in [4.69, 9.17) is 5.21 Å². The molecule has 13 heavy (non-hydrogen) atoms. The molecular weight excluding hydrogens is 162 g/mol. The fourth-order valence-electron chi connectivity index (χ4n) is 2.60. The van der Waals surface area contributed by atoms with Crippen LogP contribution in [0.3, 0.4) is 0 Å². The van der Waals surface area contributed by atoms with Gasteiger partial charge in [-0.2, -0.15) is 0 Å². The summed E-state index contributed by atoms with van der Waals surface area (Å²) in [6.45, 7) is 0. The van der Waals surface area contributed by atoms with Crippen molar-refractivity contribution in [1.29, 1.82) is 0 Å². The zero-order valence-electron chi connectivity index (χ0n) is 8.21. The van der Waals surface area contributed by atoms with Crippen LogP contribution >= 0.6 is 0 Å². The molecule has 0 unspecified atom stereocenters. The third kappa shape index (κ3) is 1.87. The first-order chi connectivity index (χ1) is 6.42. The first kappa shape index (κ1) is 9.04. The molecule has 0 heterocycles. The highest BCUT2D eigenvalue weighted by atomic mass is 16.4. The molecule has 0 aromatic rings. The van der Waals surface area contributed by atoms with Gasteiger partial charge in [0, 0.05) is 11.8 Å². The minimum atomic E-state index is 0.615. The molecule has 0 amide bonds. The van der Waals surface area contributed by atoms with E-state index in [1.54, 1.807) is 0 Å². The molecule has 2 saturated carbocycles. The topological polar surface area (TPSA) is 32.6 Å². The van der Waals surface area contributed by atoms with Crippen molar-refractivity contribution in [2.75, 3.05) is 0 Å². The van der Waals surface area contributed by atoms with Gasteiger partial charge in [0.25, 0.3) is 0 Å². The van der Waals surface area contributed by atoms with Crippen molar-refractivity contribution >= 4 is 5.71 Å². The third-order valence-electron chi connectivity index (χ3n) is 3.66. The first-order valence-electron chi connectivity index (χ1n) is 5.63. The Labute approximate surface area is 80.0 Å². The average molecular weight is 181 g/mol. The van der Waals surface area contributed by atoms with Gasteiger partial charge < -0.3 is 5.21 Å². The lowest BCUT2D eigenvalue weighted by molar-refractivity contribution is 0.288. The van der Waals surface area contributed by atoms with Crippen LogP contribution in [-0.2, 0) is 0 Å². The normalized spacial score (nSPS) is 27.2. The molecule has 0 saturated heterocycles. The minimum Gasteiger partial charge on any atom is -0.411 e. The molecule has 0 bridgehead atoms. The SMILES string of the molecule is O/N=C(\C1CCCCC1)C1CCC1. The highest BCUT2D eigenvalue weighted by Crippen LogP contribution is 2.35. The molecule has 0 radical (unpaired) electrons. The van der Waals surface area contributed by atoms with Gasteiger partial charge in [0.15, 0.2) is 0 Å². The summed E-state index contributed by atoms with van der Waals surface area (Å²) in [4.78, 5) is 0. The van der Waals surface area contributed by atoms with Crippen LogP contribution in [0.2, 0.25) is 0 Å². The predicted octanol–water partition coefficient (Wildman–Crippen LogP) is 3.20. The zero-order chi connectivity index (χ0) is 9.10. The summed E-state index contributed by atoms with van der Waals surface area (Å²) in [6.07, 6.45) is 10.4. The van der Waals surface area contributed by atoms with Gasteiger partial charge in [-0.25, -0.2) is 0 Å².